The second kappa shape index (κ2) is 9.06. The van der Waals surface area contributed by atoms with Crippen LogP contribution in [0.25, 0.3) is 11.0 Å². The number of rotatable bonds is 8. The van der Waals surface area contributed by atoms with Gasteiger partial charge in [-0.15, -0.1) is 0 Å². The first kappa shape index (κ1) is 23.4. The van der Waals surface area contributed by atoms with E-state index in [1.165, 1.54) is 10.9 Å². The number of fused-ring (bicyclic) bond motifs is 1. The molecule has 13 heteroatoms. The SMILES string of the molecule is CC[C@H](C)[C@H](N)C(=O)NS(=O)(=O)OC[C@H]1O[C@@H](n2cnc3c(N)cccc32)[C@H](O)[C@@H]1O. The first-order valence-corrected chi connectivity index (χ1v) is 11.2. The number of aliphatic hydroxyl groups is 2. The largest absolute Gasteiger partial charge is 0.397 e. The summed E-state index contributed by atoms with van der Waals surface area (Å²) in [7, 11) is -4.50. The van der Waals surface area contributed by atoms with Crippen molar-refractivity contribution in [1.82, 2.24) is 14.3 Å². The summed E-state index contributed by atoms with van der Waals surface area (Å²) in [5.74, 6) is -1.13. The van der Waals surface area contributed by atoms with Gasteiger partial charge in [-0.2, -0.15) is 8.42 Å². The van der Waals surface area contributed by atoms with E-state index in [1.807, 2.05) is 6.92 Å². The lowest BCUT2D eigenvalue weighted by Crippen LogP contribution is -2.47. The van der Waals surface area contributed by atoms with Crippen LogP contribution < -0.4 is 16.2 Å². The molecule has 1 amide bonds. The lowest BCUT2D eigenvalue weighted by molar-refractivity contribution is -0.121. The molecule has 1 aromatic heterocycles. The fourth-order valence-corrected chi connectivity index (χ4v) is 4.02. The summed E-state index contributed by atoms with van der Waals surface area (Å²) in [4.78, 5) is 16.2. The van der Waals surface area contributed by atoms with Gasteiger partial charge >= 0.3 is 10.3 Å². The lowest BCUT2D eigenvalue weighted by atomic mass is 10.00. The van der Waals surface area contributed by atoms with Gasteiger partial charge in [-0.05, 0) is 18.1 Å². The van der Waals surface area contributed by atoms with Gasteiger partial charge in [-0.25, -0.2) is 9.71 Å². The maximum atomic E-state index is 12.1. The number of nitrogens with zero attached hydrogens (tertiary/aromatic N) is 2. The summed E-state index contributed by atoms with van der Waals surface area (Å²) in [6.45, 7) is 2.90. The number of anilines is 1. The Morgan fingerprint density at radius 2 is 2.10 bits per heavy atom. The van der Waals surface area contributed by atoms with E-state index in [2.05, 4.69) is 4.98 Å². The molecule has 2 aromatic rings. The Morgan fingerprint density at radius 1 is 1.39 bits per heavy atom. The number of imidazole rings is 1. The third-order valence-corrected chi connectivity index (χ3v) is 6.32. The molecule has 0 aliphatic carbocycles. The van der Waals surface area contributed by atoms with E-state index >= 15 is 0 Å². The third kappa shape index (κ3) is 4.81. The van der Waals surface area contributed by atoms with Gasteiger partial charge in [0.1, 0.15) is 23.8 Å². The molecule has 0 spiro atoms. The molecule has 1 fully saturated rings. The molecular formula is C18H27N5O7S. The van der Waals surface area contributed by atoms with E-state index in [1.54, 1.807) is 29.8 Å². The minimum absolute atomic E-state index is 0.231. The number of ether oxygens (including phenoxy) is 1. The maximum Gasteiger partial charge on any atom is 0.362 e. The highest BCUT2D eigenvalue weighted by atomic mass is 32.2. The zero-order valence-electron chi connectivity index (χ0n) is 17.1. The molecule has 3 rings (SSSR count). The van der Waals surface area contributed by atoms with Crippen LogP contribution in [0.2, 0.25) is 0 Å². The van der Waals surface area contributed by atoms with Crippen molar-refractivity contribution in [2.24, 2.45) is 11.7 Å². The van der Waals surface area contributed by atoms with E-state index < -0.39 is 53.4 Å². The number of nitrogens with one attached hydrogen (secondary N) is 1. The Morgan fingerprint density at radius 3 is 2.77 bits per heavy atom. The van der Waals surface area contributed by atoms with Crippen LogP contribution in [0.1, 0.15) is 26.5 Å². The summed E-state index contributed by atoms with van der Waals surface area (Å²) in [6.07, 6.45) is -3.08. The van der Waals surface area contributed by atoms with Gasteiger partial charge < -0.3 is 31.0 Å². The number of hydrogen-bond donors (Lipinski definition) is 5. The summed E-state index contributed by atoms with van der Waals surface area (Å²) < 4.78 is 37.8. The Hall–Kier alpha value is -2.29. The number of benzene rings is 1. The van der Waals surface area contributed by atoms with Gasteiger partial charge in [0, 0.05) is 0 Å². The first-order valence-electron chi connectivity index (χ1n) is 9.75. The standard InChI is InChI=1S/C18H27N5O7S/c1-3-9(2)13(20)17(26)22-31(27,28)29-7-12-15(24)16(25)18(30-12)23-8-21-14-10(19)5-4-6-11(14)23/h4-6,8-9,12-13,15-16,18,24-25H,3,7,19-20H2,1-2H3,(H,22,26)/t9-,12+,13-,15+,16+,18+/m0/s1. The fraction of sp³-hybridized carbons (Fsp3) is 0.556. The van der Waals surface area contributed by atoms with Gasteiger partial charge in [-0.3, -0.25) is 8.98 Å². The minimum atomic E-state index is -4.50. The number of nitrogen functional groups attached to an aromatic ring is 1. The monoisotopic (exact) mass is 457 g/mol. The molecule has 0 radical (unpaired) electrons. The van der Waals surface area contributed by atoms with Crippen LogP contribution in [0.5, 0.6) is 0 Å². The van der Waals surface area contributed by atoms with Crippen molar-refractivity contribution in [3.63, 3.8) is 0 Å². The Balaban J connectivity index is 1.66. The van der Waals surface area contributed by atoms with Gasteiger partial charge in [-0.1, -0.05) is 26.3 Å². The topological polar surface area (TPSA) is 192 Å². The van der Waals surface area contributed by atoms with Gasteiger partial charge in [0.15, 0.2) is 6.23 Å². The third-order valence-electron chi connectivity index (χ3n) is 5.42. The molecular weight excluding hydrogens is 430 g/mol. The molecule has 2 heterocycles. The smallest absolute Gasteiger partial charge is 0.362 e. The number of carbonyl (C=O) groups excluding carboxylic acids is 1. The van der Waals surface area contributed by atoms with Crippen molar-refractivity contribution in [3.8, 4) is 0 Å². The minimum Gasteiger partial charge on any atom is -0.397 e. The van der Waals surface area contributed by atoms with Crippen molar-refractivity contribution >= 4 is 32.9 Å². The second-order valence-corrected chi connectivity index (χ2v) is 8.88. The van der Waals surface area contributed by atoms with Gasteiger partial charge in [0.2, 0.25) is 0 Å². The molecule has 6 atom stereocenters. The highest BCUT2D eigenvalue weighted by Crippen LogP contribution is 2.33. The molecule has 0 unspecified atom stereocenters. The number of para-hydroxylation sites is 1. The Bertz CT molecular complexity index is 1040. The Kier molecular flexibility index (Phi) is 6.83. The second-order valence-electron chi connectivity index (χ2n) is 7.53. The van der Waals surface area contributed by atoms with Crippen LogP contribution in [0.3, 0.4) is 0 Å². The predicted molar refractivity (Wildman–Crippen MR) is 111 cm³/mol. The highest BCUT2D eigenvalue weighted by molar-refractivity contribution is 7.85. The fourth-order valence-electron chi connectivity index (χ4n) is 3.27. The average molecular weight is 458 g/mol. The number of amides is 1. The first-order chi connectivity index (χ1) is 14.6. The van der Waals surface area contributed by atoms with Gasteiger partial charge in [0.05, 0.1) is 30.2 Å². The summed E-state index contributed by atoms with van der Waals surface area (Å²) >= 11 is 0. The van der Waals surface area contributed by atoms with Crippen molar-refractivity contribution < 1.29 is 32.3 Å². The molecule has 1 aromatic carbocycles. The van der Waals surface area contributed by atoms with E-state index in [0.717, 1.165) is 0 Å². The molecule has 172 valence electrons. The van der Waals surface area contributed by atoms with Crippen LogP contribution in [0.15, 0.2) is 24.5 Å². The maximum absolute atomic E-state index is 12.1. The van der Waals surface area contributed by atoms with Crippen LogP contribution >= 0.6 is 0 Å². The van der Waals surface area contributed by atoms with Gasteiger partial charge in [0.25, 0.3) is 5.91 Å². The molecule has 0 saturated carbocycles. The molecule has 1 aliphatic rings. The number of aliphatic hydroxyl groups excluding tert-OH is 2. The molecule has 12 nitrogen and oxygen atoms in total. The quantitative estimate of drug-likeness (QED) is 0.307. The molecule has 31 heavy (non-hydrogen) atoms. The predicted octanol–water partition coefficient (Wildman–Crippen LogP) is -1.01. The van der Waals surface area contributed by atoms with Crippen molar-refractivity contribution in [2.75, 3.05) is 12.3 Å². The lowest BCUT2D eigenvalue weighted by Gasteiger charge is -2.18. The number of nitrogens with two attached hydrogens (primary N) is 2. The number of carbonyl (C=O) groups is 1. The van der Waals surface area contributed by atoms with Crippen molar-refractivity contribution in [3.05, 3.63) is 24.5 Å². The summed E-state index contributed by atoms with van der Waals surface area (Å²) in [6, 6.07) is 4.06. The zero-order chi connectivity index (χ0) is 22.9. The van der Waals surface area contributed by atoms with Crippen molar-refractivity contribution in [1.29, 1.82) is 0 Å². The van der Waals surface area contributed by atoms with Crippen LogP contribution in [-0.2, 0) is 24.0 Å². The molecule has 7 N–H and O–H groups in total. The molecule has 1 saturated heterocycles. The van der Waals surface area contributed by atoms with E-state index in [9.17, 15) is 23.4 Å². The van der Waals surface area contributed by atoms with Crippen molar-refractivity contribution in [2.45, 2.75) is 50.8 Å². The molecule has 0 bridgehead atoms. The van der Waals surface area contributed by atoms with E-state index in [-0.39, 0.29) is 5.92 Å². The Labute approximate surface area is 179 Å². The summed E-state index contributed by atoms with van der Waals surface area (Å²) in [5, 5.41) is 20.7. The zero-order valence-corrected chi connectivity index (χ0v) is 17.9. The van der Waals surface area contributed by atoms with Crippen LogP contribution in [0.4, 0.5) is 5.69 Å². The number of aromatic nitrogens is 2. The number of hydrogen-bond acceptors (Lipinski definition) is 10. The summed E-state index contributed by atoms with van der Waals surface area (Å²) in [5.41, 5.74) is 13.1. The molecule has 1 aliphatic heterocycles. The van der Waals surface area contributed by atoms with E-state index in [4.69, 9.17) is 20.4 Å². The highest BCUT2D eigenvalue weighted by Gasteiger charge is 2.45. The van der Waals surface area contributed by atoms with Crippen LogP contribution in [0, 0.1) is 5.92 Å². The normalized spacial score (nSPS) is 26.1. The average Bonchev–Trinajstić information content (AvgIpc) is 3.27. The van der Waals surface area contributed by atoms with E-state index in [0.29, 0.717) is 23.1 Å². The van der Waals surface area contributed by atoms with Crippen LogP contribution in [-0.4, -0.2) is 65.0 Å².